The number of benzene rings is 2. The minimum absolute atomic E-state index is 0.0555. The van der Waals surface area contributed by atoms with E-state index in [9.17, 15) is 17.6 Å². The number of rotatable bonds is 4. The van der Waals surface area contributed by atoms with Crippen molar-refractivity contribution in [3.63, 3.8) is 0 Å². The molecular weight excluding hydrogens is 439 g/mol. The maximum atomic E-state index is 14.2. The normalized spacial score (nSPS) is 15.5. The quantitative estimate of drug-likeness (QED) is 0.766. The predicted molar refractivity (Wildman–Crippen MR) is 103 cm³/mol. The highest BCUT2D eigenvalue weighted by Gasteiger charge is 2.29. The third-order valence-electron chi connectivity index (χ3n) is 4.21. The summed E-state index contributed by atoms with van der Waals surface area (Å²) in [5, 5.41) is 2.68. The lowest BCUT2D eigenvalue weighted by Crippen LogP contribution is -2.41. The molecule has 3 rings (SSSR count). The van der Waals surface area contributed by atoms with Crippen molar-refractivity contribution < 1.29 is 22.3 Å². The Hall–Kier alpha value is -1.81. The average molecular weight is 457 g/mol. The predicted octanol–water partition coefficient (Wildman–Crippen LogP) is 3.17. The Morgan fingerprint density at radius 3 is 2.56 bits per heavy atom. The van der Waals surface area contributed by atoms with Crippen molar-refractivity contribution in [3.8, 4) is 0 Å². The molecule has 1 saturated heterocycles. The summed E-state index contributed by atoms with van der Waals surface area (Å²) in [5.74, 6) is -1.42. The Bertz CT molecular complexity index is 975. The van der Waals surface area contributed by atoms with Crippen molar-refractivity contribution in [2.75, 3.05) is 31.6 Å². The Morgan fingerprint density at radius 1 is 1.19 bits per heavy atom. The molecule has 0 unspecified atom stereocenters. The zero-order chi connectivity index (χ0) is 19.6. The molecule has 27 heavy (non-hydrogen) atoms. The first kappa shape index (κ1) is 19.9. The maximum Gasteiger partial charge on any atom is 0.255 e. The van der Waals surface area contributed by atoms with E-state index < -0.39 is 26.6 Å². The number of anilines is 1. The SMILES string of the molecule is Cc1ccc(NC(=O)c2ccc(F)c(S(=O)(=O)N3CCOCC3)c2)cc1Br. The topological polar surface area (TPSA) is 75.7 Å². The van der Waals surface area contributed by atoms with Gasteiger partial charge in [-0.3, -0.25) is 4.79 Å². The summed E-state index contributed by atoms with van der Waals surface area (Å²) >= 11 is 3.39. The molecule has 1 N–H and O–H groups in total. The molecule has 1 heterocycles. The molecule has 1 fully saturated rings. The molecule has 0 radical (unpaired) electrons. The van der Waals surface area contributed by atoms with Gasteiger partial charge in [0.15, 0.2) is 0 Å². The van der Waals surface area contributed by atoms with Gasteiger partial charge in [0.2, 0.25) is 10.0 Å². The van der Waals surface area contributed by atoms with E-state index in [1.54, 1.807) is 12.1 Å². The van der Waals surface area contributed by atoms with Crippen LogP contribution in [0, 0.1) is 12.7 Å². The van der Waals surface area contributed by atoms with Crippen LogP contribution in [0.3, 0.4) is 0 Å². The Kier molecular flexibility index (Phi) is 5.95. The molecule has 9 heteroatoms. The van der Waals surface area contributed by atoms with Crippen LogP contribution in [0.1, 0.15) is 15.9 Å². The van der Waals surface area contributed by atoms with Gasteiger partial charge in [0, 0.05) is 28.8 Å². The first-order valence-electron chi connectivity index (χ1n) is 8.24. The van der Waals surface area contributed by atoms with Crippen LogP contribution in [0.2, 0.25) is 0 Å². The van der Waals surface area contributed by atoms with Crippen molar-refractivity contribution in [1.82, 2.24) is 4.31 Å². The lowest BCUT2D eigenvalue weighted by molar-refractivity contribution is 0.0729. The van der Waals surface area contributed by atoms with Gasteiger partial charge >= 0.3 is 0 Å². The summed E-state index contributed by atoms with van der Waals surface area (Å²) in [6.45, 7) is 2.72. The van der Waals surface area contributed by atoms with Gasteiger partial charge in [-0.15, -0.1) is 0 Å². The molecule has 0 aliphatic carbocycles. The summed E-state index contributed by atoms with van der Waals surface area (Å²) in [4.78, 5) is 12.0. The first-order valence-corrected chi connectivity index (χ1v) is 10.5. The zero-order valence-electron chi connectivity index (χ0n) is 14.5. The highest BCUT2D eigenvalue weighted by molar-refractivity contribution is 9.10. The number of carbonyl (C=O) groups excluding carboxylic acids is 1. The van der Waals surface area contributed by atoms with E-state index in [0.717, 1.165) is 26.5 Å². The highest BCUT2D eigenvalue weighted by Crippen LogP contribution is 2.24. The van der Waals surface area contributed by atoms with Gasteiger partial charge in [0.1, 0.15) is 10.7 Å². The van der Waals surface area contributed by atoms with Gasteiger partial charge in [-0.2, -0.15) is 4.31 Å². The molecule has 0 aromatic heterocycles. The molecule has 2 aromatic carbocycles. The van der Waals surface area contributed by atoms with Gasteiger partial charge in [0.25, 0.3) is 5.91 Å². The van der Waals surface area contributed by atoms with Crippen molar-refractivity contribution in [3.05, 3.63) is 57.8 Å². The highest BCUT2D eigenvalue weighted by atomic mass is 79.9. The number of sulfonamides is 1. The van der Waals surface area contributed by atoms with Crippen molar-refractivity contribution >= 4 is 37.5 Å². The second-order valence-corrected chi connectivity index (χ2v) is 8.84. The number of nitrogens with zero attached hydrogens (tertiary/aromatic N) is 1. The fraction of sp³-hybridized carbons (Fsp3) is 0.278. The summed E-state index contributed by atoms with van der Waals surface area (Å²) in [5.41, 5.74) is 1.60. The van der Waals surface area contributed by atoms with Crippen LogP contribution in [0.4, 0.5) is 10.1 Å². The van der Waals surface area contributed by atoms with E-state index in [-0.39, 0.29) is 31.9 Å². The van der Waals surface area contributed by atoms with E-state index in [2.05, 4.69) is 21.2 Å². The first-order chi connectivity index (χ1) is 12.8. The number of ether oxygens (including phenoxy) is 1. The van der Waals surface area contributed by atoms with Gasteiger partial charge in [-0.1, -0.05) is 22.0 Å². The fourth-order valence-corrected chi connectivity index (χ4v) is 4.52. The molecule has 0 saturated carbocycles. The second kappa shape index (κ2) is 8.05. The van der Waals surface area contributed by atoms with Gasteiger partial charge in [-0.05, 0) is 42.8 Å². The zero-order valence-corrected chi connectivity index (χ0v) is 16.9. The van der Waals surface area contributed by atoms with Crippen molar-refractivity contribution in [2.45, 2.75) is 11.8 Å². The fourth-order valence-electron chi connectivity index (χ4n) is 2.64. The number of aryl methyl sites for hydroxylation is 1. The molecular formula is C18H18BrFN2O4S. The van der Waals surface area contributed by atoms with E-state index in [1.165, 1.54) is 6.07 Å². The lowest BCUT2D eigenvalue weighted by atomic mass is 10.2. The molecule has 1 amide bonds. The van der Waals surface area contributed by atoms with Crippen LogP contribution in [-0.2, 0) is 14.8 Å². The number of carbonyl (C=O) groups is 1. The molecule has 144 valence electrons. The van der Waals surface area contributed by atoms with Crippen LogP contribution < -0.4 is 5.32 Å². The molecule has 2 aromatic rings. The molecule has 1 aliphatic heterocycles. The van der Waals surface area contributed by atoms with Crippen LogP contribution in [0.25, 0.3) is 0 Å². The van der Waals surface area contributed by atoms with Gasteiger partial charge in [0.05, 0.1) is 13.2 Å². The standard InChI is InChI=1S/C18H18BrFN2O4S/c1-12-2-4-14(11-15(12)19)21-18(23)13-3-5-16(20)17(10-13)27(24,25)22-6-8-26-9-7-22/h2-5,10-11H,6-9H2,1H3,(H,21,23). The largest absolute Gasteiger partial charge is 0.379 e. The maximum absolute atomic E-state index is 14.2. The minimum Gasteiger partial charge on any atom is -0.379 e. The average Bonchev–Trinajstić information content (AvgIpc) is 2.65. The summed E-state index contributed by atoms with van der Waals surface area (Å²) in [6, 6.07) is 8.62. The van der Waals surface area contributed by atoms with E-state index in [1.807, 2.05) is 13.0 Å². The molecule has 1 aliphatic rings. The second-order valence-electron chi connectivity index (χ2n) is 6.08. The Morgan fingerprint density at radius 2 is 1.89 bits per heavy atom. The number of morpholine rings is 1. The summed E-state index contributed by atoms with van der Waals surface area (Å²) in [6.07, 6.45) is 0. The van der Waals surface area contributed by atoms with Crippen LogP contribution in [-0.4, -0.2) is 44.9 Å². The van der Waals surface area contributed by atoms with Crippen LogP contribution in [0.15, 0.2) is 45.8 Å². The molecule has 6 nitrogen and oxygen atoms in total. The summed E-state index contributed by atoms with van der Waals surface area (Å²) in [7, 11) is -4.04. The number of amides is 1. The number of halogens is 2. The van der Waals surface area contributed by atoms with Crippen molar-refractivity contribution in [2.24, 2.45) is 0 Å². The van der Waals surface area contributed by atoms with Gasteiger partial charge < -0.3 is 10.1 Å². The smallest absolute Gasteiger partial charge is 0.255 e. The van der Waals surface area contributed by atoms with Gasteiger partial charge in [-0.25, -0.2) is 12.8 Å². The molecule has 0 bridgehead atoms. The third-order valence-corrected chi connectivity index (χ3v) is 6.98. The number of hydrogen-bond donors (Lipinski definition) is 1. The monoisotopic (exact) mass is 456 g/mol. The van der Waals surface area contributed by atoms with E-state index >= 15 is 0 Å². The Balaban J connectivity index is 1.88. The molecule has 0 spiro atoms. The summed E-state index contributed by atoms with van der Waals surface area (Å²) < 4.78 is 46.8. The number of hydrogen-bond acceptors (Lipinski definition) is 4. The Labute approximate surface area is 165 Å². The third kappa shape index (κ3) is 4.37. The number of nitrogens with one attached hydrogen (secondary N) is 1. The van der Waals surface area contributed by atoms with Crippen LogP contribution >= 0.6 is 15.9 Å². The van der Waals surface area contributed by atoms with E-state index in [0.29, 0.717) is 5.69 Å². The minimum atomic E-state index is -4.04. The molecule has 0 atom stereocenters. The van der Waals surface area contributed by atoms with E-state index in [4.69, 9.17) is 4.74 Å². The van der Waals surface area contributed by atoms with Crippen LogP contribution in [0.5, 0.6) is 0 Å². The van der Waals surface area contributed by atoms with Crippen molar-refractivity contribution in [1.29, 1.82) is 0 Å². The lowest BCUT2D eigenvalue weighted by Gasteiger charge is -2.26.